The Labute approximate surface area is 159 Å². The number of hydrogen-bond donors (Lipinski definition) is 1. The molecule has 0 bridgehead atoms. The molecule has 3 atom stereocenters. The van der Waals surface area contributed by atoms with Crippen molar-refractivity contribution in [1.29, 1.82) is 0 Å². The van der Waals surface area contributed by atoms with Gasteiger partial charge < -0.3 is 10.2 Å². The quantitative estimate of drug-likeness (QED) is 0.905. The molecule has 2 fully saturated rings. The van der Waals surface area contributed by atoms with Gasteiger partial charge in [-0.15, -0.1) is 0 Å². The molecule has 4 nitrogen and oxygen atoms in total. The molecule has 2 saturated heterocycles. The molecule has 2 aromatic rings. The number of nitrogens with one attached hydrogen (secondary N) is 1. The summed E-state index contributed by atoms with van der Waals surface area (Å²) < 4.78 is 13.8. The Bertz CT molecular complexity index is 782. The van der Waals surface area contributed by atoms with Crippen LogP contribution >= 0.6 is 0 Å². The zero-order valence-corrected chi connectivity index (χ0v) is 15.5. The number of carbonyl (C=O) groups is 1. The third-order valence-corrected chi connectivity index (χ3v) is 5.85. The number of nitrogens with zero attached hydrogens (tertiary/aromatic N) is 2. The highest BCUT2D eigenvalue weighted by atomic mass is 19.1. The maximum Gasteiger partial charge on any atom is 0.228 e. The first-order chi connectivity index (χ1) is 13.2. The number of hydrogen-bond acceptors (Lipinski definition) is 3. The van der Waals surface area contributed by atoms with Crippen molar-refractivity contribution in [2.45, 2.75) is 50.1 Å². The SMILES string of the molecule is O=C(Cc1ccccn1)N1C[C@@H](c2cccc(F)c2)[C@@H]2NCCCCC[C@H]21. The Morgan fingerprint density at radius 1 is 1.19 bits per heavy atom. The number of pyridine rings is 1. The summed E-state index contributed by atoms with van der Waals surface area (Å²) in [6.07, 6.45) is 6.51. The van der Waals surface area contributed by atoms with E-state index in [4.69, 9.17) is 0 Å². The number of rotatable bonds is 3. The number of carbonyl (C=O) groups excluding carboxylic acids is 1. The van der Waals surface area contributed by atoms with Crippen LogP contribution in [0.25, 0.3) is 0 Å². The van der Waals surface area contributed by atoms with Gasteiger partial charge in [-0.1, -0.05) is 31.0 Å². The summed E-state index contributed by atoms with van der Waals surface area (Å²) >= 11 is 0. The zero-order chi connectivity index (χ0) is 18.6. The van der Waals surface area contributed by atoms with E-state index in [1.54, 1.807) is 18.3 Å². The minimum Gasteiger partial charge on any atom is -0.337 e. The standard InChI is InChI=1S/C22H26FN3O/c23-17-8-6-7-16(13-17)19-15-26(20-10-2-1-4-12-25-22(19)20)21(27)14-18-9-3-5-11-24-18/h3,5-9,11,13,19-20,22,25H,1-2,4,10,12,14-15H2/t19-,20+,22-/m0/s1. The normalized spacial score (nSPS) is 25.5. The molecule has 0 unspecified atom stereocenters. The fourth-order valence-electron chi connectivity index (χ4n) is 4.56. The molecule has 1 N–H and O–H groups in total. The van der Waals surface area contributed by atoms with Crippen LogP contribution in [-0.2, 0) is 11.2 Å². The molecule has 1 amide bonds. The molecule has 5 heteroatoms. The van der Waals surface area contributed by atoms with E-state index in [0.29, 0.717) is 13.0 Å². The predicted molar refractivity (Wildman–Crippen MR) is 103 cm³/mol. The second kappa shape index (κ2) is 8.17. The minimum absolute atomic E-state index is 0.116. The highest BCUT2D eigenvalue weighted by Crippen LogP contribution is 2.36. The van der Waals surface area contributed by atoms with Crippen molar-refractivity contribution in [2.24, 2.45) is 0 Å². The highest BCUT2D eigenvalue weighted by molar-refractivity contribution is 5.79. The van der Waals surface area contributed by atoms with Crippen molar-refractivity contribution >= 4 is 5.91 Å². The second-order valence-corrected chi connectivity index (χ2v) is 7.60. The van der Waals surface area contributed by atoms with Crippen molar-refractivity contribution < 1.29 is 9.18 Å². The molecular weight excluding hydrogens is 341 g/mol. The average Bonchev–Trinajstić information content (AvgIpc) is 3.00. The Kier molecular flexibility index (Phi) is 5.48. The topological polar surface area (TPSA) is 45.2 Å². The van der Waals surface area contributed by atoms with Gasteiger partial charge in [0.25, 0.3) is 0 Å². The molecule has 0 radical (unpaired) electrons. The highest BCUT2D eigenvalue weighted by Gasteiger charge is 2.44. The maximum absolute atomic E-state index is 13.8. The third-order valence-electron chi connectivity index (χ3n) is 5.85. The van der Waals surface area contributed by atoms with Crippen molar-refractivity contribution in [3.63, 3.8) is 0 Å². The number of benzene rings is 1. The molecule has 0 aliphatic carbocycles. The number of amides is 1. The van der Waals surface area contributed by atoms with Crippen molar-refractivity contribution in [1.82, 2.24) is 15.2 Å². The molecule has 3 heterocycles. The van der Waals surface area contributed by atoms with E-state index in [1.807, 2.05) is 29.2 Å². The molecule has 2 aliphatic heterocycles. The second-order valence-electron chi connectivity index (χ2n) is 7.60. The Morgan fingerprint density at radius 2 is 2.11 bits per heavy atom. The molecule has 1 aromatic heterocycles. The van der Waals surface area contributed by atoms with Gasteiger partial charge in [0.15, 0.2) is 0 Å². The molecule has 1 aromatic carbocycles. The van der Waals surface area contributed by atoms with Gasteiger partial charge in [-0.2, -0.15) is 0 Å². The summed E-state index contributed by atoms with van der Waals surface area (Å²) in [4.78, 5) is 19.4. The van der Waals surface area contributed by atoms with E-state index in [0.717, 1.165) is 37.1 Å². The predicted octanol–water partition coefficient (Wildman–Crippen LogP) is 3.29. The molecular formula is C22H26FN3O. The van der Waals surface area contributed by atoms with E-state index in [2.05, 4.69) is 10.3 Å². The van der Waals surface area contributed by atoms with Gasteiger partial charge in [-0.25, -0.2) is 4.39 Å². The minimum atomic E-state index is -0.215. The van der Waals surface area contributed by atoms with Crippen LogP contribution in [0.4, 0.5) is 4.39 Å². The van der Waals surface area contributed by atoms with E-state index in [-0.39, 0.29) is 29.7 Å². The molecule has 27 heavy (non-hydrogen) atoms. The summed E-state index contributed by atoms with van der Waals surface area (Å²) in [5.41, 5.74) is 1.78. The lowest BCUT2D eigenvalue weighted by Crippen LogP contribution is -2.47. The first-order valence-electron chi connectivity index (χ1n) is 9.90. The van der Waals surface area contributed by atoms with Crippen LogP contribution in [0.5, 0.6) is 0 Å². The van der Waals surface area contributed by atoms with Gasteiger partial charge in [0, 0.05) is 36.4 Å². The number of likely N-dealkylation sites (tertiary alicyclic amines) is 1. The van der Waals surface area contributed by atoms with Gasteiger partial charge in [0.05, 0.1) is 6.42 Å². The maximum atomic E-state index is 13.8. The zero-order valence-electron chi connectivity index (χ0n) is 15.5. The van der Waals surface area contributed by atoms with Crippen LogP contribution in [0.2, 0.25) is 0 Å². The Balaban J connectivity index is 1.59. The third kappa shape index (κ3) is 4.03. The van der Waals surface area contributed by atoms with Gasteiger partial charge in [-0.3, -0.25) is 9.78 Å². The van der Waals surface area contributed by atoms with Crippen molar-refractivity contribution in [3.05, 3.63) is 65.7 Å². The van der Waals surface area contributed by atoms with Crippen LogP contribution < -0.4 is 5.32 Å². The molecule has 0 saturated carbocycles. The van der Waals surface area contributed by atoms with Gasteiger partial charge in [-0.05, 0) is 49.2 Å². The van der Waals surface area contributed by atoms with Crippen LogP contribution in [-0.4, -0.2) is 41.0 Å². The largest absolute Gasteiger partial charge is 0.337 e. The van der Waals surface area contributed by atoms with Gasteiger partial charge in [0.2, 0.25) is 5.91 Å². The lowest BCUT2D eigenvalue weighted by molar-refractivity contribution is -0.131. The smallest absolute Gasteiger partial charge is 0.228 e. The Morgan fingerprint density at radius 3 is 2.93 bits per heavy atom. The Hall–Kier alpha value is -2.27. The van der Waals surface area contributed by atoms with Crippen LogP contribution in [0.15, 0.2) is 48.7 Å². The van der Waals surface area contributed by atoms with Crippen LogP contribution in [0, 0.1) is 5.82 Å². The molecule has 4 rings (SSSR count). The first-order valence-corrected chi connectivity index (χ1v) is 9.90. The van der Waals surface area contributed by atoms with E-state index >= 15 is 0 Å². The summed E-state index contributed by atoms with van der Waals surface area (Å²) in [5, 5.41) is 3.67. The number of aromatic nitrogens is 1. The van der Waals surface area contributed by atoms with E-state index in [1.165, 1.54) is 12.5 Å². The number of halogens is 1. The van der Waals surface area contributed by atoms with Crippen LogP contribution in [0.3, 0.4) is 0 Å². The van der Waals surface area contributed by atoms with E-state index in [9.17, 15) is 9.18 Å². The molecule has 2 aliphatic rings. The average molecular weight is 367 g/mol. The van der Waals surface area contributed by atoms with E-state index < -0.39 is 0 Å². The summed E-state index contributed by atoms with van der Waals surface area (Å²) in [6, 6.07) is 12.9. The monoisotopic (exact) mass is 367 g/mol. The molecule has 142 valence electrons. The summed E-state index contributed by atoms with van der Waals surface area (Å²) in [6.45, 7) is 1.59. The summed E-state index contributed by atoms with van der Waals surface area (Å²) in [7, 11) is 0. The number of fused-ring (bicyclic) bond motifs is 1. The van der Waals surface area contributed by atoms with Crippen LogP contribution in [0.1, 0.15) is 42.9 Å². The molecule has 0 spiro atoms. The summed E-state index contributed by atoms with van der Waals surface area (Å²) in [5.74, 6) is 0.0228. The van der Waals surface area contributed by atoms with Gasteiger partial charge >= 0.3 is 0 Å². The fraction of sp³-hybridized carbons (Fsp3) is 0.455. The fourth-order valence-corrected chi connectivity index (χ4v) is 4.56. The lowest BCUT2D eigenvalue weighted by Gasteiger charge is -2.31. The lowest BCUT2D eigenvalue weighted by atomic mass is 9.88. The first kappa shape index (κ1) is 18.1. The van der Waals surface area contributed by atoms with Crippen molar-refractivity contribution in [3.8, 4) is 0 Å². The van der Waals surface area contributed by atoms with Crippen molar-refractivity contribution in [2.75, 3.05) is 13.1 Å². The van der Waals surface area contributed by atoms with Gasteiger partial charge in [0.1, 0.15) is 5.82 Å².